The van der Waals surface area contributed by atoms with E-state index in [1.807, 2.05) is 32.0 Å². The summed E-state index contributed by atoms with van der Waals surface area (Å²) in [6.07, 6.45) is 0.0899. The van der Waals surface area contributed by atoms with Gasteiger partial charge in [0.25, 0.3) is 0 Å². The maximum atomic E-state index is 5.98. The molecule has 1 aromatic carbocycles. The summed E-state index contributed by atoms with van der Waals surface area (Å²) in [6.45, 7) is 9.50. The first kappa shape index (κ1) is 14.6. The Kier molecular flexibility index (Phi) is 3.78. The van der Waals surface area contributed by atoms with Crippen LogP contribution in [0.5, 0.6) is 0 Å². The third-order valence-corrected chi connectivity index (χ3v) is 3.99. The second kappa shape index (κ2) is 5.44. The minimum Gasteiger partial charge on any atom is -0.459 e. The molecule has 1 aliphatic rings. The van der Waals surface area contributed by atoms with Crippen LogP contribution in [0.2, 0.25) is 0 Å². The fraction of sp³-hybridized carbons (Fsp3) is 0.529. The third-order valence-electron chi connectivity index (χ3n) is 3.99. The van der Waals surface area contributed by atoms with E-state index in [0.717, 1.165) is 17.9 Å². The first-order valence-electron chi connectivity index (χ1n) is 7.49. The van der Waals surface area contributed by atoms with Gasteiger partial charge in [-0.3, -0.25) is 0 Å². The number of furan rings is 1. The van der Waals surface area contributed by atoms with Crippen LogP contribution < -0.4 is 5.32 Å². The van der Waals surface area contributed by atoms with Gasteiger partial charge in [0.15, 0.2) is 5.79 Å². The van der Waals surface area contributed by atoms with Crippen LogP contribution in [0.1, 0.15) is 38.1 Å². The Morgan fingerprint density at radius 1 is 1.33 bits per heavy atom. The van der Waals surface area contributed by atoms with Gasteiger partial charge in [-0.25, -0.2) is 0 Å². The smallest absolute Gasteiger partial charge is 0.163 e. The summed E-state index contributed by atoms with van der Waals surface area (Å²) in [5, 5.41) is 4.66. The van der Waals surface area contributed by atoms with Gasteiger partial charge in [0.1, 0.15) is 11.3 Å². The number of ether oxygens (including phenoxy) is 2. The van der Waals surface area contributed by atoms with Crippen molar-refractivity contribution in [2.45, 2.75) is 45.6 Å². The number of para-hydroxylation sites is 1. The standard InChI is InChI=1S/C17H23NO3/c1-11-14-7-5-6-8-15(14)20-16(11)12(2)18-9-13-10-19-17(3,4)21-13/h5-8,12-13,18H,9-10H2,1-4H3. The van der Waals surface area contributed by atoms with Crippen LogP contribution in [0.3, 0.4) is 0 Å². The summed E-state index contributed by atoms with van der Waals surface area (Å²) in [7, 11) is 0. The SMILES string of the molecule is Cc1c(C(C)NCC2COC(C)(C)O2)oc2ccccc12. The van der Waals surface area contributed by atoms with E-state index in [4.69, 9.17) is 13.9 Å². The Bertz CT molecular complexity index is 632. The summed E-state index contributed by atoms with van der Waals surface area (Å²) in [6, 6.07) is 8.29. The van der Waals surface area contributed by atoms with Crippen molar-refractivity contribution >= 4 is 11.0 Å². The lowest BCUT2D eigenvalue weighted by molar-refractivity contribution is -0.137. The zero-order valence-electron chi connectivity index (χ0n) is 13.1. The van der Waals surface area contributed by atoms with Gasteiger partial charge < -0.3 is 19.2 Å². The molecule has 21 heavy (non-hydrogen) atoms. The fourth-order valence-corrected chi connectivity index (χ4v) is 2.87. The number of nitrogens with one attached hydrogen (secondary N) is 1. The predicted octanol–water partition coefficient (Wildman–Crippen LogP) is 3.54. The maximum absolute atomic E-state index is 5.98. The molecule has 0 bridgehead atoms. The van der Waals surface area contributed by atoms with E-state index in [1.54, 1.807) is 0 Å². The highest BCUT2D eigenvalue weighted by Crippen LogP contribution is 2.29. The van der Waals surface area contributed by atoms with Gasteiger partial charge in [0.05, 0.1) is 18.8 Å². The monoisotopic (exact) mass is 289 g/mol. The normalized spacial score (nSPS) is 22.8. The van der Waals surface area contributed by atoms with E-state index < -0.39 is 5.79 Å². The highest BCUT2D eigenvalue weighted by Gasteiger charge is 2.32. The van der Waals surface area contributed by atoms with Crippen molar-refractivity contribution in [1.29, 1.82) is 0 Å². The van der Waals surface area contributed by atoms with Gasteiger partial charge in [-0.1, -0.05) is 18.2 Å². The molecule has 1 N–H and O–H groups in total. The zero-order chi connectivity index (χ0) is 15.0. The van der Waals surface area contributed by atoms with E-state index in [9.17, 15) is 0 Å². The molecule has 0 spiro atoms. The molecule has 0 saturated carbocycles. The topological polar surface area (TPSA) is 43.6 Å². The second-order valence-corrected chi connectivity index (χ2v) is 6.17. The molecule has 2 aromatic rings. The van der Waals surface area contributed by atoms with E-state index in [-0.39, 0.29) is 12.1 Å². The largest absolute Gasteiger partial charge is 0.459 e. The van der Waals surface area contributed by atoms with E-state index in [1.165, 1.54) is 10.9 Å². The Labute approximate surface area is 125 Å². The Morgan fingerprint density at radius 2 is 2.10 bits per heavy atom. The second-order valence-electron chi connectivity index (χ2n) is 6.17. The molecule has 0 radical (unpaired) electrons. The van der Waals surface area contributed by atoms with Gasteiger partial charge in [-0.2, -0.15) is 0 Å². The van der Waals surface area contributed by atoms with E-state index in [0.29, 0.717) is 6.61 Å². The van der Waals surface area contributed by atoms with Crippen molar-refractivity contribution in [3.05, 3.63) is 35.6 Å². The molecular formula is C17H23NO3. The summed E-state index contributed by atoms with van der Waals surface area (Å²) in [5.41, 5.74) is 2.15. The van der Waals surface area contributed by atoms with Crippen LogP contribution in [0.4, 0.5) is 0 Å². The first-order valence-corrected chi connectivity index (χ1v) is 7.49. The Hall–Kier alpha value is -1.36. The molecule has 1 fully saturated rings. The Morgan fingerprint density at radius 3 is 2.76 bits per heavy atom. The molecule has 114 valence electrons. The maximum Gasteiger partial charge on any atom is 0.163 e. The van der Waals surface area contributed by atoms with Gasteiger partial charge in [0.2, 0.25) is 0 Å². The molecule has 1 aliphatic heterocycles. The predicted molar refractivity (Wildman–Crippen MR) is 82.3 cm³/mol. The molecule has 1 aromatic heterocycles. The molecule has 2 heterocycles. The number of hydrogen-bond acceptors (Lipinski definition) is 4. The summed E-state index contributed by atoms with van der Waals surface area (Å²) in [5.74, 6) is 0.527. The van der Waals surface area contributed by atoms with E-state index >= 15 is 0 Å². The van der Waals surface area contributed by atoms with E-state index in [2.05, 4.69) is 25.2 Å². The molecule has 3 rings (SSSR count). The van der Waals surface area contributed by atoms with Gasteiger partial charge in [-0.05, 0) is 39.3 Å². The molecule has 0 amide bonds. The van der Waals surface area contributed by atoms with Crippen molar-refractivity contribution < 1.29 is 13.9 Å². The molecule has 1 saturated heterocycles. The van der Waals surface area contributed by atoms with Crippen LogP contribution in [0.25, 0.3) is 11.0 Å². The molecule has 2 atom stereocenters. The Balaban J connectivity index is 1.67. The van der Waals surface area contributed by atoms with Crippen molar-refractivity contribution in [3.63, 3.8) is 0 Å². The van der Waals surface area contributed by atoms with Crippen LogP contribution >= 0.6 is 0 Å². The lowest BCUT2D eigenvalue weighted by Gasteiger charge is -2.19. The van der Waals surface area contributed by atoms with Gasteiger partial charge in [-0.15, -0.1) is 0 Å². The third kappa shape index (κ3) is 2.98. The fourth-order valence-electron chi connectivity index (χ4n) is 2.87. The van der Waals surface area contributed by atoms with Crippen molar-refractivity contribution in [2.24, 2.45) is 0 Å². The number of rotatable bonds is 4. The van der Waals surface area contributed by atoms with Crippen molar-refractivity contribution in [1.82, 2.24) is 5.32 Å². The van der Waals surface area contributed by atoms with Crippen LogP contribution in [0.15, 0.2) is 28.7 Å². The minimum atomic E-state index is -0.467. The highest BCUT2D eigenvalue weighted by molar-refractivity contribution is 5.82. The lowest BCUT2D eigenvalue weighted by atomic mass is 10.1. The number of aryl methyl sites for hydroxylation is 1. The van der Waals surface area contributed by atoms with Crippen LogP contribution in [0, 0.1) is 6.92 Å². The lowest BCUT2D eigenvalue weighted by Crippen LogP contribution is -2.32. The number of hydrogen-bond donors (Lipinski definition) is 1. The summed E-state index contributed by atoms with van der Waals surface area (Å²) in [4.78, 5) is 0. The molecule has 4 nitrogen and oxygen atoms in total. The van der Waals surface area contributed by atoms with Gasteiger partial charge in [0, 0.05) is 11.9 Å². The average Bonchev–Trinajstić information content (AvgIpc) is 2.97. The zero-order valence-corrected chi connectivity index (χ0v) is 13.1. The number of fused-ring (bicyclic) bond motifs is 1. The molecule has 2 unspecified atom stereocenters. The highest BCUT2D eigenvalue weighted by atomic mass is 16.7. The summed E-state index contributed by atoms with van der Waals surface area (Å²) < 4.78 is 17.4. The first-order chi connectivity index (χ1) is 9.96. The number of benzene rings is 1. The van der Waals surface area contributed by atoms with Gasteiger partial charge >= 0.3 is 0 Å². The average molecular weight is 289 g/mol. The van der Waals surface area contributed by atoms with Crippen LogP contribution in [-0.4, -0.2) is 25.0 Å². The molecule has 4 heteroatoms. The molecular weight excluding hydrogens is 266 g/mol. The van der Waals surface area contributed by atoms with Crippen molar-refractivity contribution in [3.8, 4) is 0 Å². The quantitative estimate of drug-likeness (QED) is 0.935. The van der Waals surface area contributed by atoms with Crippen molar-refractivity contribution in [2.75, 3.05) is 13.2 Å². The summed E-state index contributed by atoms with van der Waals surface area (Å²) >= 11 is 0. The minimum absolute atomic E-state index is 0.0899. The van der Waals surface area contributed by atoms with Crippen LogP contribution in [-0.2, 0) is 9.47 Å². The molecule has 0 aliphatic carbocycles.